The van der Waals surface area contributed by atoms with Gasteiger partial charge in [-0.15, -0.1) is 0 Å². The van der Waals surface area contributed by atoms with Gasteiger partial charge in [-0.3, -0.25) is 4.21 Å². The highest BCUT2D eigenvalue weighted by Gasteiger charge is 1.99. The molecule has 0 N–H and O–H groups in total. The summed E-state index contributed by atoms with van der Waals surface area (Å²) in [5.41, 5.74) is 1.68. The Morgan fingerprint density at radius 2 is 2.00 bits per heavy atom. The van der Waals surface area contributed by atoms with Crippen LogP contribution in [-0.2, 0) is 9.80 Å². The quantitative estimate of drug-likeness (QED) is 0.619. The second kappa shape index (κ2) is 2.92. The van der Waals surface area contributed by atoms with Gasteiger partial charge in [0.25, 0.3) is 0 Å². The zero-order valence-corrected chi connectivity index (χ0v) is 7.98. The molecule has 2 nitrogen and oxygen atoms in total. The van der Waals surface area contributed by atoms with Crippen molar-refractivity contribution in [2.24, 2.45) is 0 Å². The van der Waals surface area contributed by atoms with Crippen LogP contribution in [0.25, 0.3) is 0 Å². The number of hydrogen-bond acceptors (Lipinski definition) is 2. The van der Waals surface area contributed by atoms with Crippen LogP contribution >= 0.6 is 0 Å². The molecule has 1 aromatic carbocycles. The molecular formula is C9H11O2S-. The molecule has 1 unspecified atom stereocenters. The minimum atomic E-state index is -3.31. The Bertz CT molecular complexity index is 391. The van der Waals surface area contributed by atoms with E-state index in [4.69, 9.17) is 0 Å². The fourth-order valence-electron chi connectivity index (χ4n) is 1.04. The zero-order chi connectivity index (χ0) is 9.35. The van der Waals surface area contributed by atoms with Crippen LogP contribution < -0.4 is 0 Å². The van der Waals surface area contributed by atoms with Crippen LogP contribution in [0.4, 0.5) is 0 Å². The molecule has 12 heavy (non-hydrogen) atoms. The molecule has 1 atom stereocenters. The average Bonchev–Trinajstić information content (AvgIpc) is 1.92. The third-order valence-electron chi connectivity index (χ3n) is 1.68. The van der Waals surface area contributed by atoms with Crippen molar-refractivity contribution in [3.05, 3.63) is 29.3 Å². The zero-order valence-electron chi connectivity index (χ0n) is 7.16. The van der Waals surface area contributed by atoms with Crippen LogP contribution in [0.1, 0.15) is 11.1 Å². The molecule has 0 aliphatic heterocycles. The first kappa shape index (κ1) is 9.29. The van der Waals surface area contributed by atoms with Crippen molar-refractivity contribution in [3.63, 3.8) is 0 Å². The number of benzene rings is 1. The van der Waals surface area contributed by atoms with E-state index in [1.807, 2.05) is 13.0 Å². The highest BCUT2D eigenvalue weighted by atomic mass is 32.2. The summed E-state index contributed by atoms with van der Waals surface area (Å²) in [4.78, 5) is 0.322. The van der Waals surface area contributed by atoms with Crippen molar-refractivity contribution >= 4 is 15.7 Å². The topological polar surface area (TPSA) is 40.1 Å². The van der Waals surface area contributed by atoms with Gasteiger partial charge in [-0.25, -0.2) is 0 Å². The van der Waals surface area contributed by atoms with Crippen molar-refractivity contribution < 1.29 is 8.76 Å². The SMILES string of the molecule is C=S(=O)([O-])c1cc(C)ccc1C. The van der Waals surface area contributed by atoms with Crippen LogP contribution in [0.3, 0.4) is 0 Å². The molecule has 0 aromatic heterocycles. The Hall–Kier alpha value is -0.800. The van der Waals surface area contributed by atoms with Gasteiger partial charge in [-0.05, 0) is 31.0 Å². The van der Waals surface area contributed by atoms with E-state index in [2.05, 4.69) is 5.87 Å². The van der Waals surface area contributed by atoms with Gasteiger partial charge in [0.2, 0.25) is 0 Å². The van der Waals surface area contributed by atoms with Gasteiger partial charge in [0, 0.05) is 4.90 Å². The maximum Gasteiger partial charge on any atom is 0.0207 e. The van der Waals surface area contributed by atoms with Crippen molar-refractivity contribution in [2.45, 2.75) is 18.7 Å². The van der Waals surface area contributed by atoms with Gasteiger partial charge in [0.15, 0.2) is 0 Å². The van der Waals surface area contributed by atoms with Gasteiger partial charge in [-0.1, -0.05) is 27.8 Å². The maximum atomic E-state index is 11.1. The van der Waals surface area contributed by atoms with E-state index < -0.39 is 9.80 Å². The Morgan fingerprint density at radius 3 is 2.42 bits per heavy atom. The largest absolute Gasteiger partial charge is 0.774 e. The molecule has 0 aliphatic carbocycles. The third-order valence-corrected chi connectivity index (χ3v) is 2.79. The summed E-state index contributed by atoms with van der Waals surface area (Å²) in [7, 11) is -3.31. The first-order chi connectivity index (χ1) is 5.41. The van der Waals surface area contributed by atoms with Gasteiger partial charge in [0.05, 0.1) is 0 Å². The van der Waals surface area contributed by atoms with Crippen molar-refractivity contribution in [3.8, 4) is 0 Å². The van der Waals surface area contributed by atoms with E-state index in [1.165, 1.54) is 0 Å². The molecule has 0 saturated heterocycles. The van der Waals surface area contributed by atoms with E-state index in [9.17, 15) is 8.76 Å². The number of hydrogen-bond donors (Lipinski definition) is 0. The van der Waals surface area contributed by atoms with Gasteiger partial charge >= 0.3 is 0 Å². The molecule has 0 aliphatic rings. The number of rotatable bonds is 1. The predicted molar refractivity (Wildman–Crippen MR) is 50.2 cm³/mol. The molecule has 0 bridgehead atoms. The lowest BCUT2D eigenvalue weighted by Crippen LogP contribution is -2.01. The Morgan fingerprint density at radius 1 is 1.42 bits per heavy atom. The summed E-state index contributed by atoms with van der Waals surface area (Å²) in [6.45, 7) is 3.62. The summed E-state index contributed by atoms with van der Waals surface area (Å²) in [5, 5.41) is 0. The normalized spacial score (nSPS) is 15.6. The highest BCUT2D eigenvalue weighted by molar-refractivity contribution is 7.95. The summed E-state index contributed by atoms with van der Waals surface area (Å²) >= 11 is 0. The fourth-order valence-corrected chi connectivity index (χ4v) is 1.97. The predicted octanol–water partition coefficient (Wildman–Crippen LogP) is 1.51. The van der Waals surface area contributed by atoms with Crippen molar-refractivity contribution in [1.82, 2.24) is 0 Å². The summed E-state index contributed by atoms with van der Waals surface area (Å²) in [5.74, 6) is 3.11. The molecule has 1 rings (SSSR count). The molecule has 66 valence electrons. The highest BCUT2D eigenvalue weighted by Crippen LogP contribution is 2.15. The molecule has 0 saturated carbocycles. The molecule has 0 fully saturated rings. The molecular weight excluding hydrogens is 172 g/mol. The van der Waals surface area contributed by atoms with Gasteiger partial charge in [0.1, 0.15) is 0 Å². The van der Waals surface area contributed by atoms with Crippen LogP contribution in [0.15, 0.2) is 23.1 Å². The fraction of sp³-hybridized carbons (Fsp3) is 0.222. The third kappa shape index (κ3) is 1.87. The van der Waals surface area contributed by atoms with Crippen molar-refractivity contribution in [1.29, 1.82) is 0 Å². The number of aryl methyl sites for hydroxylation is 2. The molecule has 1 aromatic rings. The van der Waals surface area contributed by atoms with E-state index in [1.54, 1.807) is 19.1 Å². The molecule has 3 heteroatoms. The van der Waals surface area contributed by atoms with Gasteiger partial charge in [-0.2, -0.15) is 0 Å². The molecule has 0 radical (unpaired) electrons. The lowest BCUT2D eigenvalue weighted by Gasteiger charge is -2.16. The second-order valence-corrected chi connectivity index (χ2v) is 4.55. The van der Waals surface area contributed by atoms with Crippen LogP contribution in [0.5, 0.6) is 0 Å². The molecule has 0 amide bonds. The molecule has 0 spiro atoms. The summed E-state index contributed by atoms with van der Waals surface area (Å²) < 4.78 is 22.2. The van der Waals surface area contributed by atoms with E-state index in [0.717, 1.165) is 11.1 Å². The smallest absolute Gasteiger partial charge is 0.0207 e. The minimum absolute atomic E-state index is 0.322. The Kier molecular flexibility index (Phi) is 2.26. The molecule has 0 heterocycles. The van der Waals surface area contributed by atoms with Gasteiger partial charge < -0.3 is 4.55 Å². The first-order valence-corrected chi connectivity index (χ1v) is 5.22. The van der Waals surface area contributed by atoms with Crippen LogP contribution in [-0.4, -0.2) is 14.6 Å². The minimum Gasteiger partial charge on any atom is -0.774 e. The lowest BCUT2D eigenvalue weighted by atomic mass is 10.2. The standard InChI is InChI=1S/C9H12O2S/c1-7-4-5-8(2)9(6-7)12(3,10)11/h4-6H,3H2,1-2H3,(H,10,11)/p-1. The first-order valence-electron chi connectivity index (χ1n) is 3.56. The maximum absolute atomic E-state index is 11.1. The Labute approximate surface area is 73.1 Å². The second-order valence-electron chi connectivity index (χ2n) is 2.88. The van der Waals surface area contributed by atoms with E-state index in [0.29, 0.717) is 4.90 Å². The van der Waals surface area contributed by atoms with Crippen molar-refractivity contribution in [2.75, 3.05) is 0 Å². The summed E-state index contributed by atoms with van der Waals surface area (Å²) in [6, 6.07) is 5.30. The van der Waals surface area contributed by atoms with E-state index >= 15 is 0 Å². The van der Waals surface area contributed by atoms with Crippen LogP contribution in [0.2, 0.25) is 0 Å². The van der Waals surface area contributed by atoms with Crippen LogP contribution in [0, 0.1) is 13.8 Å². The lowest BCUT2D eigenvalue weighted by molar-refractivity contribution is 0.532. The Balaban J connectivity index is 3.43. The van der Waals surface area contributed by atoms with E-state index in [-0.39, 0.29) is 0 Å². The monoisotopic (exact) mass is 183 g/mol. The average molecular weight is 183 g/mol. The summed E-state index contributed by atoms with van der Waals surface area (Å²) in [6.07, 6.45) is 0.